The second kappa shape index (κ2) is 12.8. The number of sulfonamides is 1. The minimum absolute atomic E-state index is 0.0998. The maximum atomic E-state index is 13.6. The SMILES string of the molecule is CC[C@H](C(=O)NCC(C)C)N(Cc1ccc(Cl)cc1)C(=O)CN(c1ccc(Cl)c(Cl)c1)S(C)(=O)=O. The first kappa shape index (κ1) is 29.2. The Balaban J connectivity index is 2.43. The van der Waals surface area contributed by atoms with E-state index in [9.17, 15) is 18.0 Å². The van der Waals surface area contributed by atoms with Crippen LogP contribution in [-0.2, 0) is 26.2 Å². The van der Waals surface area contributed by atoms with E-state index >= 15 is 0 Å². The van der Waals surface area contributed by atoms with Crippen LogP contribution in [0, 0.1) is 5.92 Å². The highest BCUT2D eigenvalue weighted by Gasteiger charge is 2.31. The van der Waals surface area contributed by atoms with Crippen LogP contribution in [0.2, 0.25) is 15.1 Å². The van der Waals surface area contributed by atoms with E-state index < -0.39 is 28.5 Å². The highest BCUT2D eigenvalue weighted by molar-refractivity contribution is 7.92. The lowest BCUT2D eigenvalue weighted by atomic mass is 10.1. The number of hydrogen-bond donors (Lipinski definition) is 1. The summed E-state index contributed by atoms with van der Waals surface area (Å²) < 4.78 is 26.2. The van der Waals surface area contributed by atoms with E-state index in [1.54, 1.807) is 31.2 Å². The van der Waals surface area contributed by atoms with E-state index in [1.807, 2.05) is 13.8 Å². The summed E-state index contributed by atoms with van der Waals surface area (Å²) in [5.41, 5.74) is 0.942. The van der Waals surface area contributed by atoms with Crippen LogP contribution in [-0.4, -0.2) is 50.5 Å². The van der Waals surface area contributed by atoms with E-state index in [0.717, 1.165) is 16.1 Å². The van der Waals surface area contributed by atoms with Crippen molar-refractivity contribution < 1.29 is 18.0 Å². The van der Waals surface area contributed by atoms with Crippen molar-refractivity contribution in [1.29, 1.82) is 0 Å². The van der Waals surface area contributed by atoms with Crippen molar-refractivity contribution in [3.63, 3.8) is 0 Å². The number of carbonyl (C=O) groups excluding carboxylic acids is 2. The molecule has 0 heterocycles. The van der Waals surface area contributed by atoms with Gasteiger partial charge in [-0.25, -0.2) is 8.42 Å². The Bertz CT molecular complexity index is 1140. The van der Waals surface area contributed by atoms with Gasteiger partial charge < -0.3 is 10.2 Å². The third kappa shape index (κ3) is 8.56. The van der Waals surface area contributed by atoms with E-state index in [0.29, 0.717) is 18.0 Å². The third-order valence-electron chi connectivity index (χ3n) is 5.21. The lowest BCUT2D eigenvalue weighted by molar-refractivity contribution is -0.140. The molecule has 0 saturated heterocycles. The molecule has 11 heteroatoms. The van der Waals surface area contributed by atoms with E-state index in [1.165, 1.54) is 23.1 Å². The van der Waals surface area contributed by atoms with Crippen molar-refractivity contribution in [1.82, 2.24) is 10.2 Å². The average Bonchev–Trinajstić information content (AvgIpc) is 2.78. The van der Waals surface area contributed by atoms with Gasteiger partial charge in [0, 0.05) is 18.1 Å². The number of nitrogens with zero attached hydrogens (tertiary/aromatic N) is 2. The molecule has 0 spiro atoms. The molecule has 0 bridgehead atoms. The minimum Gasteiger partial charge on any atom is -0.354 e. The highest BCUT2D eigenvalue weighted by Crippen LogP contribution is 2.28. The molecular formula is C24H30Cl3N3O4S. The number of nitrogens with one attached hydrogen (secondary N) is 1. The van der Waals surface area contributed by atoms with Gasteiger partial charge in [-0.1, -0.05) is 67.7 Å². The molecular weight excluding hydrogens is 533 g/mol. The summed E-state index contributed by atoms with van der Waals surface area (Å²) in [6.07, 6.45) is 1.34. The Morgan fingerprint density at radius 1 is 1.00 bits per heavy atom. The summed E-state index contributed by atoms with van der Waals surface area (Å²) in [5, 5.41) is 3.82. The molecule has 2 aromatic carbocycles. The maximum Gasteiger partial charge on any atom is 0.244 e. The smallest absolute Gasteiger partial charge is 0.244 e. The predicted molar refractivity (Wildman–Crippen MR) is 143 cm³/mol. The van der Waals surface area contributed by atoms with Crippen molar-refractivity contribution in [3.8, 4) is 0 Å². The first-order valence-electron chi connectivity index (χ1n) is 11.1. The first-order chi connectivity index (χ1) is 16.3. The van der Waals surface area contributed by atoms with Crippen molar-refractivity contribution in [2.45, 2.75) is 39.8 Å². The van der Waals surface area contributed by atoms with Gasteiger partial charge in [0.1, 0.15) is 12.6 Å². The zero-order chi connectivity index (χ0) is 26.3. The Kier molecular flexibility index (Phi) is 10.7. The van der Waals surface area contributed by atoms with Gasteiger partial charge in [0.25, 0.3) is 0 Å². The molecule has 192 valence electrons. The van der Waals surface area contributed by atoms with Gasteiger partial charge in [0.2, 0.25) is 21.8 Å². The first-order valence-corrected chi connectivity index (χ1v) is 14.1. The molecule has 35 heavy (non-hydrogen) atoms. The quantitative estimate of drug-likeness (QED) is 0.418. The van der Waals surface area contributed by atoms with Gasteiger partial charge in [-0.3, -0.25) is 13.9 Å². The van der Waals surface area contributed by atoms with Gasteiger partial charge in [-0.15, -0.1) is 0 Å². The predicted octanol–water partition coefficient (Wildman–Crippen LogP) is 4.99. The third-order valence-corrected chi connectivity index (χ3v) is 7.34. The summed E-state index contributed by atoms with van der Waals surface area (Å²) >= 11 is 18.1. The lowest BCUT2D eigenvalue weighted by Crippen LogP contribution is -2.52. The molecule has 2 aromatic rings. The molecule has 0 aliphatic heterocycles. The van der Waals surface area contributed by atoms with Crippen molar-refractivity contribution in [3.05, 3.63) is 63.1 Å². The highest BCUT2D eigenvalue weighted by atomic mass is 35.5. The van der Waals surface area contributed by atoms with E-state index in [-0.39, 0.29) is 34.1 Å². The van der Waals surface area contributed by atoms with Crippen LogP contribution in [0.15, 0.2) is 42.5 Å². The van der Waals surface area contributed by atoms with Crippen LogP contribution in [0.4, 0.5) is 5.69 Å². The minimum atomic E-state index is -3.86. The topological polar surface area (TPSA) is 86.8 Å². The number of anilines is 1. The van der Waals surface area contributed by atoms with E-state index in [2.05, 4.69) is 5.32 Å². The summed E-state index contributed by atoms with van der Waals surface area (Å²) in [6, 6.07) is 10.4. The van der Waals surface area contributed by atoms with Crippen LogP contribution >= 0.6 is 34.8 Å². The zero-order valence-electron chi connectivity index (χ0n) is 20.1. The normalized spacial score (nSPS) is 12.3. The number of hydrogen-bond acceptors (Lipinski definition) is 4. The zero-order valence-corrected chi connectivity index (χ0v) is 23.2. The Labute approximate surface area is 222 Å². The molecule has 0 fully saturated rings. The van der Waals surface area contributed by atoms with Gasteiger partial charge >= 0.3 is 0 Å². The van der Waals surface area contributed by atoms with Crippen LogP contribution < -0.4 is 9.62 Å². The monoisotopic (exact) mass is 561 g/mol. The largest absolute Gasteiger partial charge is 0.354 e. The number of amides is 2. The molecule has 1 atom stereocenters. The maximum absolute atomic E-state index is 13.6. The van der Waals surface area contributed by atoms with Gasteiger partial charge in [0.05, 0.1) is 22.0 Å². The number of rotatable bonds is 11. The Hall–Kier alpha value is -2.00. The number of halogens is 3. The average molecular weight is 563 g/mol. The number of benzene rings is 2. The molecule has 2 amide bonds. The molecule has 7 nitrogen and oxygen atoms in total. The van der Waals surface area contributed by atoms with Gasteiger partial charge in [-0.05, 0) is 48.2 Å². The molecule has 0 aliphatic carbocycles. The standard InChI is InChI=1S/C24H30Cl3N3O4S/c1-5-22(24(32)28-13-16(2)3)29(14-17-6-8-18(25)9-7-17)23(31)15-30(35(4,33)34)19-10-11-20(26)21(27)12-19/h6-12,16,22H,5,13-15H2,1-4H3,(H,28,32)/t22-/m1/s1. The molecule has 0 aromatic heterocycles. The summed E-state index contributed by atoms with van der Waals surface area (Å²) in [7, 11) is -3.86. The van der Waals surface area contributed by atoms with Crippen LogP contribution in [0.1, 0.15) is 32.8 Å². The summed E-state index contributed by atoms with van der Waals surface area (Å²) in [4.78, 5) is 28.0. The molecule has 2 rings (SSSR count). The van der Waals surface area contributed by atoms with Crippen LogP contribution in [0.3, 0.4) is 0 Å². The fraction of sp³-hybridized carbons (Fsp3) is 0.417. The molecule has 0 unspecified atom stereocenters. The van der Waals surface area contributed by atoms with Crippen molar-refractivity contribution in [2.24, 2.45) is 5.92 Å². The second-order valence-corrected chi connectivity index (χ2v) is 11.7. The summed E-state index contributed by atoms with van der Waals surface area (Å²) in [6.45, 7) is 5.78. The Morgan fingerprint density at radius 2 is 1.63 bits per heavy atom. The second-order valence-electron chi connectivity index (χ2n) is 8.58. The van der Waals surface area contributed by atoms with Crippen molar-refractivity contribution in [2.75, 3.05) is 23.7 Å². The molecule has 1 N–H and O–H groups in total. The fourth-order valence-electron chi connectivity index (χ4n) is 3.38. The molecule has 0 radical (unpaired) electrons. The van der Waals surface area contributed by atoms with E-state index in [4.69, 9.17) is 34.8 Å². The van der Waals surface area contributed by atoms with Crippen LogP contribution in [0.5, 0.6) is 0 Å². The molecule has 0 aliphatic rings. The lowest BCUT2D eigenvalue weighted by Gasteiger charge is -2.33. The van der Waals surface area contributed by atoms with Crippen molar-refractivity contribution >= 4 is 62.3 Å². The molecule has 0 saturated carbocycles. The fourth-order valence-corrected chi connectivity index (χ4v) is 4.64. The summed E-state index contributed by atoms with van der Waals surface area (Å²) in [5.74, 6) is -0.612. The number of carbonyl (C=O) groups is 2. The Morgan fingerprint density at radius 3 is 2.14 bits per heavy atom. The van der Waals surface area contributed by atoms with Gasteiger partial charge in [0.15, 0.2) is 0 Å². The van der Waals surface area contributed by atoms with Crippen LogP contribution in [0.25, 0.3) is 0 Å². The van der Waals surface area contributed by atoms with Gasteiger partial charge in [-0.2, -0.15) is 0 Å².